The zero-order valence-electron chi connectivity index (χ0n) is 11.6. The minimum absolute atomic E-state index is 0.0300. The molecule has 1 rings (SSSR count). The molecular weight excluding hydrogens is 242 g/mol. The van der Waals surface area contributed by atoms with Gasteiger partial charge < -0.3 is 16.2 Å². The van der Waals surface area contributed by atoms with E-state index < -0.39 is 6.10 Å². The van der Waals surface area contributed by atoms with Crippen molar-refractivity contribution in [1.82, 2.24) is 10.2 Å². The number of nitrogens with two attached hydrogens (primary N) is 1. The lowest BCUT2D eigenvalue weighted by atomic mass is 10.1. The molecular formula is C14H23N3O2. The van der Waals surface area contributed by atoms with Crippen LogP contribution in [0.25, 0.3) is 0 Å². The first-order valence-electron chi connectivity index (χ1n) is 6.60. The number of nitrogens with zero attached hydrogens (tertiary/aromatic N) is 1. The van der Waals surface area contributed by atoms with Crippen molar-refractivity contribution >= 4 is 11.6 Å². The first kappa shape index (κ1) is 15.5. The largest absolute Gasteiger partial charge is 0.398 e. The quantitative estimate of drug-likeness (QED) is 0.636. The third-order valence-corrected chi connectivity index (χ3v) is 2.97. The van der Waals surface area contributed by atoms with E-state index in [1.807, 2.05) is 30.9 Å². The second-order valence-corrected chi connectivity index (χ2v) is 4.43. The van der Waals surface area contributed by atoms with E-state index in [0.717, 1.165) is 0 Å². The fraction of sp³-hybridized carbons (Fsp3) is 0.500. The molecule has 5 heteroatoms. The van der Waals surface area contributed by atoms with Crippen LogP contribution in [0.15, 0.2) is 24.3 Å². The van der Waals surface area contributed by atoms with Gasteiger partial charge in [0.1, 0.15) is 0 Å². The summed E-state index contributed by atoms with van der Waals surface area (Å²) in [6.45, 7) is 5.83. The monoisotopic (exact) mass is 265 g/mol. The van der Waals surface area contributed by atoms with Gasteiger partial charge in [-0.1, -0.05) is 25.1 Å². The van der Waals surface area contributed by atoms with Gasteiger partial charge in [0.25, 0.3) is 0 Å². The molecule has 0 fully saturated rings. The molecule has 106 valence electrons. The summed E-state index contributed by atoms with van der Waals surface area (Å²) in [5, 5.41) is 12.9. The van der Waals surface area contributed by atoms with Crippen LogP contribution < -0.4 is 11.1 Å². The van der Waals surface area contributed by atoms with Gasteiger partial charge in [0, 0.05) is 24.3 Å². The SMILES string of the molecule is CCNC(=O)CN(CC)CC(O)c1ccccc1N. The van der Waals surface area contributed by atoms with Crippen LogP contribution in [0.3, 0.4) is 0 Å². The molecule has 0 aliphatic rings. The molecule has 0 aliphatic carbocycles. The Labute approximate surface area is 114 Å². The lowest BCUT2D eigenvalue weighted by molar-refractivity contribution is -0.122. The molecule has 0 saturated carbocycles. The summed E-state index contributed by atoms with van der Waals surface area (Å²) >= 11 is 0. The average molecular weight is 265 g/mol. The minimum atomic E-state index is -0.685. The number of carbonyl (C=O) groups is 1. The number of anilines is 1. The van der Waals surface area contributed by atoms with E-state index in [0.29, 0.717) is 30.9 Å². The molecule has 4 N–H and O–H groups in total. The Kier molecular flexibility index (Phi) is 6.32. The number of carbonyl (C=O) groups excluding carboxylic acids is 1. The number of likely N-dealkylation sites (N-methyl/N-ethyl adjacent to an activating group) is 2. The normalized spacial score (nSPS) is 12.4. The van der Waals surface area contributed by atoms with Crippen molar-refractivity contribution < 1.29 is 9.90 Å². The van der Waals surface area contributed by atoms with E-state index in [2.05, 4.69) is 5.32 Å². The zero-order chi connectivity index (χ0) is 14.3. The van der Waals surface area contributed by atoms with E-state index in [9.17, 15) is 9.90 Å². The van der Waals surface area contributed by atoms with Crippen LogP contribution >= 0.6 is 0 Å². The number of nitrogen functional groups attached to an aromatic ring is 1. The molecule has 5 nitrogen and oxygen atoms in total. The summed E-state index contributed by atoms with van der Waals surface area (Å²) in [4.78, 5) is 13.4. The van der Waals surface area contributed by atoms with Crippen molar-refractivity contribution in [2.24, 2.45) is 0 Å². The van der Waals surface area contributed by atoms with Gasteiger partial charge in [0.15, 0.2) is 0 Å². The highest BCUT2D eigenvalue weighted by Crippen LogP contribution is 2.20. The fourth-order valence-corrected chi connectivity index (χ4v) is 1.92. The predicted molar refractivity (Wildman–Crippen MR) is 76.6 cm³/mol. The number of para-hydroxylation sites is 1. The van der Waals surface area contributed by atoms with Crippen molar-refractivity contribution in [1.29, 1.82) is 0 Å². The summed E-state index contributed by atoms with van der Waals surface area (Å²) in [6, 6.07) is 7.24. The number of hydrogen-bond donors (Lipinski definition) is 3. The second kappa shape index (κ2) is 7.76. The maximum atomic E-state index is 11.5. The molecule has 0 heterocycles. The Morgan fingerprint density at radius 3 is 2.68 bits per heavy atom. The van der Waals surface area contributed by atoms with Crippen LogP contribution in [0.5, 0.6) is 0 Å². The topological polar surface area (TPSA) is 78.6 Å². The predicted octanol–water partition coefficient (Wildman–Crippen LogP) is 0.760. The highest BCUT2D eigenvalue weighted by molar-refractivity contribution is 5.77. The van der Waals surface area contributed by atoms with Gasteiger partial charge in [-0.3, -0.25) is 9.69 Å². The smallest absolute Gasteiger partial charge is 0.234 e. The van der Waals surface area contributed by atoms with Crippen LogP contribution in [0.1, 0.15) is 25.5 Å². The van der Waals surface area contributed by atoms with Gasteiger partial charge in [-0.05, 0) is 19.5 Å². The number of hydrogen-bond acceptors (Lipinski definition) is 4. The Morgan fingerprint density at radius 2 is 2.11 bits per heavy atom. The average Bonchev–Trinajstić information content (AvgIpc) is 2.38. The number of amides is 1. The molecule has 0 saturated heterocycles. The number of benzene rings is 1. The lowest BCUT2D eigenvalue weighted by Crippen LogP contribution is -2.39. The van der Waals surface area contributed by atoms with Crippen molar-refractivity contribution in [3.8, 4) is 0 Å². The standard InChI is InChI=1S/C14H23N3O2/c1-3-16-14(19)10-17(4-2)9-13(18)11-7-5-6-8-12(11)15/h5-8,13,18H,3-4,9-10,15H2,1-2H3,(H,16,19). The molecule has 1 amide bonds. The van der Waals surface area contributed by atoms with Gasteiger partial charge in [0.2, 0.25) is 5.91 Å². The summed E-state index contributed by atoms with van der Waals surface area (Å²) in [5.41, 5.74) is 7.11. The highest BCUT2D eigenvalue weighted by Gasteiger charge is 2.16. The first-order valence-corrected chi connectivity index (χ1v) is 6.60. The van der Waals surface area contributed by atoms with Crippen molar-refractivity contribution in [3.63, 3.8) is 0 Å². The Balaban J connectivity index is 2.60. The van der Waals surface area contributed by atoms with Crippen LogP contribution in [0, 0.1) is 0 Å². The van der Waals surface area contributed by atoms with Gasteiger partial charge >= 0.3 is 0 Å². The number of aliphatic hydroxyl groups excluding tert-OH is 1. The third-order valence-electron chi connectivity index (χ3n) is 2.97. The van der Waals surface area contributed by atoms with E-state index in [1.54, 1.807) is 12.1 Å². The lowest BCUT2D eigenvalue weighted by Gasteiger charge is -2.23. The van der Waals surface area contributed by atoms with Crippen LogP contribution in [0.2, 0.25) is 0 Å². The van der Waals surface area contributed by atoms with Crippen molar-refractivity contribution in [2.45, 2.75) is 20.0 Å². The van der Waals surface area contributed by atoms with Gasteiger partial charge in [-0.25, -0.2) is 0 Å². The van der Waals surface area contributed by atoms with E-state index in [4.69, 9.17) is 5.73 Å². The Morgan fingerprint density at radius 1 is 1.42 bits per heavy atom. The fourth-order valence-electron chi connectivity index (χ4n) is 1.92. The van der Waals surface area contributed by atoms with Gasteiger partial charge in [-0.15, -0.1) is 0 Å². The molecule has 0 bridgehead atoms. The molecule has 0 aromatic heterocycles. The highest BCUT2D eigenvalue weighted by atomic mass is 16.3. The molecule has 1 atom stereocenters. The summed E-state index contributed by atoms with van der Waals surface area (Å²) in [5.74, 6) is -0.0300. The van der Waals surface area contributed by atoms with E-state index >= 15 is 0 Å². The van der Waals surface area contributed by atoms with Crippen LogP contribution in [0.4, 0.5) is 5.69 Å². The minimum Gasteiger partial charge on any atom is -0.398 e. The third kappa shape index (κ3) is 4.89. The number of rotatable bonds is 7. The van der Waals surface area contributed by atoms with Crippen molar-refractivity contribution in [2.75, 3.05) is 31.9 Å². The Bertz CT molecular complexity index is 409. The summed E-state index contributed by atoms with van der Waals surface area (Å²) in [6.07, 6.45) is -0.685. The Hall–Kier alpha value is -1.59. The maximum absolute atomic E-state index is 11.5. The van der Waals surface area contributed by atoms with E-state index in [1.165, 1.54) is 0 Å². The molecule has 0 spiro atoms. The maximum Gasteiger partial charge on any atom is 0.234 e. The molecule has 1 unspecified atom stereocenters. The molecule has 1 aromatic carbocycles. The summed E-state index contributed by atoms with van der Waals surface area (Å²) < 4.78 is 0. The van der Waals surface area contributed by atoms with Crippen molar-refractivity contribution in [3.05, 3.63) is 29.8 Å². The molecule has 0 radical (unpaired) electrons. The second-order valence-electron chi connectivity index (χ2n) is 4.43. The number of nitrogens with one attached hydrogen (secondary N) is 1. The molecule has 1 aromatic rings. The molecule has 19 heavy (non-hydrogen) atoms. The van der Waals surface area contributed by atoms with E-state index in [-0.39, 0.29) is 12.5 Å². The van der Waals surface area contributed by atoms with Gasteiger partial charge in [0.05, 0.1) is 12.6 Å². The zero-order valence-corrected chi connectivity index (χ0v) is 11.6. The van der Waals surface area contributed by atoms with Crippen LogP contribution in [-0.2, 0) is 4.79 Å². The summed E-state index contributed by atoms with van der Waals surface area (Å²) in [7, 11) is 0. The molecule has 0 aliphatic heterocycles. The number of aliphatic hydroxyl groups is 1. The van der Waals surface area contributed by atoms with Crippen LogP contribution in [-0.4, -0.2) is 42.1 Å². The van der Waals surface area contributed by atoms with Gasteiger partial charge in [-0.2, -0.15) is 0 Å². The first-order chi connectivity index (χ1) is 9.08.